The lowest BCUT2D eigenvalue weighted by atomic mass is 10.1. The molecule has 3 rings (SSSR count). The minimum absolute atomic E-state index is 0.0186. The van der Waals surface area contributed by atoms with Crippen LogP contribution >= 0.6 is 0 Å². The number of amides is 1. The van der Waals surface area contributed by atoms with E-state index < -0.39 is 0 Å². The van der Waals surface area contributed by atoms with Gasteiger partial charge in [-0.25, -0.2) is 4.39 Å². The third-order valence-electron chi connectivity index (χ3n) is 5.10. The number of nitrogens with zero attached hydrogens (tertiary/aromatic N) is 2. The second-order valence-corrected chi connectivity index (χ2v) is 7.42. The molecule has 0 spiro atoms. The van der Waals surface area contributed by atoms with E-state index in [4.69, 9.17) is 4.74 Å². The summed E-state index contributed by atoms with van der Waals surface area (Å²) in [5, 5.41) is 0. The highest BCUT2D eigenvalue weighted by Gasteiger charge is 2.21. The number of hydrogen-bond acceptors (Lipinski definition) is 4. The number of carbonyl (C=O) groups is 2. The van der Waals surface area contributed by atoms with Crippen molar-refractivity contribution in [3.63, 3.8) is 0 Å². The topological polar surface area (TPSA) is 49.9 Å². The number of rotatable bonds is 8. The third-order valence-corrected chi connectivity index (χ3v) is 5.10. The van der Waals surface area contributed by atoms with Gasteiger partial charge in [-0.1, -0.05) is 24.3 Å². The lowest BCUT2D eigenvalue weighted by Gasteiger charge is -2.34. The number of aryl methyl sites for hydroxylation is 1. The summed E-state index contributed by atoms with van der Waals surface area (Å²) < 4.78 is 18.6. The Hall–Kier alpha value is -2.73. The Morgan fingerprint density at radius 3 is 2.17 bits per heavy atom. The molecule has 29 heavy (non-hydrogen) atoms. The van der Waals surface area contributed by atoms with E-state index in [0.29, 0.717) is 25.3 Å². The van der Waals surface area contributed by atoms with Crippen LogP contribution in [-0.4, -0.2) is 54.3 Å². The van der Waals surface area contributed by atoms with Crippen LogP contribution in [0.1, 0.15) is 24.5 Å². The summed E-state index contributed by atoms with van der Waals surface area (Å²) in [5.74, 6) is 0.579. The Labute approximate surface area is 171 Å². The SMILES string of the molecule is CC(=O)CCc1ccc(OCC(=O)N2CCN(Cc3ccc(F)cc3)CC2)cc1. The van der Waals surface area contributed by atoms with Crippen molar-refractivity contribution in [1.29, 1.82) is 0 Å². The van der Waals surface area contributed by atoms with Gasteiger partial charge in [0.25, 0.3) is 5.91 Å². The number of piperazine rings is 1. The number of halogens is 1. The number of carbonyl (C=O) groups excluding carboxylic acids is 2. The van der Waals surface area contributed by atoms with E-state index >= 15 is 0 Å². The van der Waals surface area contributed by atoms with Gasteiger partial charge in [0.2, 0.25) is 0 Å². The molecule has 0 aromatic heterocycles. The van der Waals surface area contributed by atoms with Crippen molar-refractivity contribution >= 4 is 11.7 Å². The minimum atomic E-state index is -0.227. The van der Waals surface area contributed by atoms with Gasteiger partial charge in [0.1, 0.15) is 17.3 Å². The molecule has 0 N–H and O–H groups in total. The summed E-state index contributed by atoms with van der Waals surface area (Å²) in [6, 6.07) is 14.1. The summed E-state index contributed by atoms with van der Waals surface area (Å²) in [6.07, 6.45) is 1.25. The second-order valence-electron chi connectivity index (χ2n) is 7.42. The molecule has 0 unspecified atom stereocenters. The predicted octanol–water partition coefficient (Wildman–Crippen LogP) is 3.07. The Bertz CT molecular complexity index is 813. The van der Waals surface area contributed by atoms with Gasteiger partial charge in [-0.05, 0) is 48.7 Å². The van der Waals surface area contributed by atoms with Gasteiger partial charge in [-0.3, -0.25) is 9.69 Å². The molecule has 1 saturated heterocycles. The van der Waals surface area contributed by atoms with E-state index in [2.05, 4.69) is 4.90 Å². The molecular formula is C23H27FN2O3. The van der Waals surface area contributed by atoms with Gasteiger partial charge >= 0.3 is 0 Å². The normalized spacial score (nSPS) is 14.6. The first-order valence-electron chi connectivity index (χ1n) is 9.95. The average molecular weight is 398 g/mol. The maximum atomic E-state index is 13.0. The van der Waals surface area contributed by atoms with Crippen LogP contribution in [0.25, 0.3) is 0 Å². The summed E-state index contributed by atoms with van der Waals surface area (Å²) in [7, 11) is 0. The van der Waals surface area contributed by atoms with Gasteiger partial charge in [0, 0.05) is 39.1 Å². The molecule has 5 nitrogen and oxygen atoms in total. The standard InChI is InChI=1S/C23H27FN2O3/c1-18(27)2-3-19-6-10-22(11-7-19)29-17-23(28)26-14-12-25(13-15-26)16-20-4-8-21(24)9-5-20/h4-11H,2-3,12-17H2,1H3. The number of benzene rings is 2. The highest BCUT2D eigenvalue weighted by Crippen LogP contribution is 2.14. The van der Waals surface area contributed by atoms with Crippen LogP contribution in [0.4, 0.5) is 4.39 Å². The first kappa shape index (κ1) is 21.0. The predicted molar refractivity (Wildman–Crippen MR) is 109 cm³/mol. The van der Waals surface area contributed by atoms with Crippen molar-refractivity contribution in [2.45, 2.75) is 26.3 Å². The van der Waals surface area contributed by atoms with E-state index in [1.807, 2.05) is 29.2 Å². The van der Waals surface area contributed by atoms with Crippen molar-refractivity contribution < 1.29 is 18.7 Å². The quantitative estimate of drug-likeness (QED) is 0.686. The molecule has 0 saturated carbocycles. The monoisotopic (exact) mass is 398 g/mol. The van der Waals surface area contributed by atoms with Gasteiger partial charge < -0.3 is 14.4 Å². The van der Waals surface area contributed by atoms with E-state index in [-0.39, 0.29) is 24.1 Å². The fraction of sp³-hybridized carbons (Fsp3) is 0.391. The largest absolute Gasteiger partial charge is 0.484 e. The maximum Gasteiger partial charge on any atom is 0.260 e. The molecule has 0 radical (unpaired) electrons. The highest BCUT2D eigenvalue weighted by molar-refractivity contribution is 5.78. The van der Waals surface area contributed by atoms with Crippen LogP contribution in [-0.2, 0) is 22.6 Å². The van der Waals surface area contributed by atoms with Crippen LogP contribution in [0.3, 0.4) is 0 Å². The molecule has 0 atom stereocenters. The Balaban J connectivity index is 1.39. The van der Waals surface area contributed by atoms with Gasteiger partial charge in [-0.2, -0.15) is 0 Å². The molecule has 1 aliphatic rings. The zero-order valence-electron chi connectivity index (χ0n) is 16.8. The molecule has 154 valence electrons. The highest BCUT2D eigenvalue weighted by atomic mass is 19.1. The first-order chi connectivity index (χ1) is 14.0. The van der Waals surface area contributed by atoms with Gasteiger partial charge in [0.05, 0.1) is 0 Å². The molecule has 0 bridgehead atoms. The van der Waals surface area contributed by atoms with Crippen LogP contribution in [0.5, 0.6) is 5.75 Å². The molecule has 2 aromatic rings. The first-order valence-corrected chi connectivity index (χ1v) is 9.95. The molecule has 0 aliphatic carbocycles. The van der Waals surface area contributed by atoms with Crippen molar-refractivity contribution in [2.24, 2.45) is 0 Å². The lowest BCUT2D eigenvalue weighted by Crippen LogP contribution is -2.49. The van der Waals surface area contributed by atoms with E-state index in [0.717, 1.165) is 37.2 Å². The Morgan fingerprint density at radius 1 is 0.931 bits per heavy atom. The average Bonchev–Trinajstić information content (AvgIpc) is 2.73. The minimum Gasteiger partial charge on any atom is -0.484 e. The van der Waals surface area contributed by atoms with E-state index in [9.17, 15) is 14.0 Å². The fourth-order valence-corrected chi connectivity index (χ4v) is 3.31. The second kappa shape index (κ2) is 10.2. The van der Waals surface area contributed by atoms with Crippen molar-refractivity contribution in [3.05, 3.63) is 65.5 Å². The smallest absolute Gasteiger partial charge is 0.260 e. The molecule has 6 heteroatoms. The molecule has 1 amide bonds. The lowest BCUT2D eigenvalue weighted by molar-refractivity contribution is -0.135. The van der Waals surface area contributed by atoms with Gasteiger partial charge in [-0.15, -0.1) is 0 Å². The van der Waals surface area contributed by atoms with E-state index in [1.165, 1.54) is 12.1 Å². The van der Waals surface area contributed by atoms with Crippen LogP contribution < -0.4 is 4.74 Å². The molecule has 1 heterocycles. The van der Waals surface area contributed by atoms with Gasteiger partial charge in [0.15, 0.2) is 6.61 Å². The summed E-state index contributed by atoms with van der Waals surface area (Å²) in [5.41, 5.74) is 2.15. The summed E-state index contributed by atoms with van der Waals surface area (Å²) >= 11 is 0. The maximum absolute atomic E-state index is 13.0. The zero-order valence-corrected chi connectivity index (χ0v) is 16.8. The van der Waals surface area contributed by atoms with Crippen molar-refractivity contribution in [2.75, 3.05) is 32.8 Å². The van der Waals surface area contributed by atoms with Crippen LogP contribution in [0.15, 0.2) is 48.5 Å². The van der Waals surface area contributed by atoms with Crippen LogP contribution in [0, 0.1) is 5.82 Å². The van der Waals surface area contributed by atoms with Crippen molar-refractivity contribution in [3.8, 4) is 5.75 Å². The Kier molecular flexibility index (Phi) is 7.36. The number of ketones is 1. The molecule has 2 aromatic carbocycles. The molecule has 1 fully saturated rings. The Morgan fingerprint density at radius 2 is 1.55 bits per heavy atom. The summed E-state index contributed by atoms with van der Waals surface area (Å²) in [6.45, 7) is 5.26. The number of Topliss-reactive ketones (excluding diaryl/α,β-unsaturated/α-hetero) is 1. The summed E-state index contributed by atoms with van der Waals surface area (Å²) in [4.78, 5) is 27.6. The zero-order chi connectivity index (χ0) is 20.6. The van der Waals surface area contributed by atoms with E-state index in [1.54, 1.807) is 19.1 Å². The molecular weight excluding hydrogens is 371 g/mol. The van der Waals surface area contributed by atoms with Crippen LogP contribution in [0.2, 0.25) is 0 Å². The fourth-order valence-electron chi connectivity index (χ4n) is 3.31. The molecule has 1 aliphatic heterocycles. The third kappa shape index (κ3) is 6.68. The number of hydrogen-bond donors (Lipinski definition) is 0. The van der Waals surface area contributed by atoms with Crippen molar-refractivity contribution in [1.82, 2.24) is 9.80 Å². The number of ether oxygens (including phenoxy) is 1.